The first-order valence-corrected chi connectivity index (χ1v) is 4.71. The zero-order chi connectivity index (χ0) is 9.40. The van der Waals surface area contributed by atoms with Gasteiger partial charge < -0.3 is 10.4 Å². The van der Waals surface area contributed by atoms with E-state index in [-0.39, 0.29) is 24.3 Å². The number of hydrogen-bond donors (Lipinski definition) is 2. The molecule has 0 aliphatic heterocycles. The maximum Gasteiger partial charge on any atom is 0.230 e. The van der Waals surface area contributed by atoms with Gasteiger partial charge in [-0.1, -0.05) is 0 Å². The van der Waals surface area contributed by atoms with Gasteiger partial charge in [0.05, 0.1) is 24.2 Å². The molecule has 0 unspecified atom stereocenters. The van der Waals surface area contributed by atoms with E-state index in [1.807, 2.05) is 6.07 Å². The van der Waals surface area contributed by atoms with E-state index in [4.69, 9.17) is 10.4 Å². The van der Waals surface area contributed by atoms with Gasteiger partial charge in [0.1, 0.15) is 0 Å². The molecule has 0 rings (SSSR count). The van der Waals surface area contributed by atoms with Crippen molar-refractivity contribution in [3.63, 3.8) is 0 Å². The molecule has 0 aliphatic rings. The number of rotatable bonds is 5. The molecule has 4 nitrogen and oxygen atoms in total. The van der Waals surface area contributed by atoms with Gasteiger partial charge in [0.15, 0.2) is 0 Å². The Morgan fingerprint density at radius 2 is 2.50 bits per heavy atom. The van der Waals surface area contributed by atoms with Gasteiger partial charge in [0, 0.05) is 6.04 Å². The van der Waals surface area contributed by atoms with E-state index >= 15 is 0 Å². The Morgan fingerprint density at radius 3 is 3.00 bits per heavy atom. The number of carbonyl (C=O) groups is 1. The van der Waals surface area contributed by atoms with Crippen molar-refractivity contribution in [1.82, 2.24) is 5.32 Å². The van der Waals surface area contributed by atoms with Crippen molar-refractivity contribution in [2.45, 2.75) is 13.0 Å². The Hall–Kier alpha value is -0.730. The number of nitrogens with zero attached hydrogens (tertiary/aromatic N) is 1. The highest BCUT2D eigenvalue weighted by Crippen LogP contribution is 1.96. The number of carbonyl (C=O) groups excluding carboxylic acids is 1. The Balaban J connectivity index is 3.41. The highest BCUT2D eigenvalue weighted by Gasteiger charge is 2.04. The molecule has 0 aromatic heterocycles. The lowest BCUT2D eigenvalue weighted by Gasteiger charge is -2.09. The van der Waals surface area contributed by atoms with Gasteiger partial charge in [0.2, 0.25) is 5.91 Å². The molecule has 0 aromatic carbocycles. The number of nitriles is 1. The summed E-state index contributed by atoms with van der Waals surface area (Å²) in [6.07, 6.45) is 0. The van der Waals surface area contributed by atoms with Gasteiger partial charge in [-0.25, -0.2) is 0 Å². The molecule has 68 valence electrons. The fourth-order valence-corrected chi connectivity index (χ4v) is 1.01. The molecule has 0 heterocycles. The van der Waals surface area contributed by atoms with Crippen LogP contribution < -0.4 is 5.32 Å². The minimum atomic E-state index is -0.208. The van der Waals surface area contributed by atoms with Crippen LogP contribution in [0.3, 0.4) is 0 Å². The summed E-state index contributed by atoms with van der Waals surface area (Å²) in [6.45, 7) is 1.65. The van der Waals surface area contributed by atoms with Crippen LogP contribution in [-0.4, -0.2) is 35.2 Å². The van der Waals surface area contributed by atoms with E-state index < -0.39 is 0 Å². The van der Waals surface area contributed by atoms with E-state index in [0.717, 1.165) is 0 Å². The van der Waals surface area contributed by atoms with Gasteiger partial charge >= 0.3 is 0 Å². The van der Waals surface area contributed by atoms with Crippen LogP contribution in [0.2, 0.25) is 0 Å². The van der Waals surface area contributed by atoms with E-state index in [1.54, 1.807) is 6.92 Å². The van der Waals surface area contributed by atoms with Crippen LogP contribution in [0, 0.1) is 11.3 Å². The summed E-state index contributed by atoms with van der Waals surface area (Å²) in [5.41, 5.74) is 0. The lowest BCUT2D eigenvalue weighted by Crippen LogP contribution is -2.36. The number of thioether (sulfide) groups is 1. The van der Waals surface area contributed by atoms with Crippen molar-refractivity contribution in [3.05, 3.63) is 0 Å². The summed E-state index contributed by atoms with van der Waals surface area (Å²) < 4.78 is 0. The molecule has 0 spiro atoms. The van der Waals surface area contributed by atoms with Crippen LogP contribution in [-0.2, 0) is 4.79 Å². The number of amides is 1. The average molecular weight is 188 g/mol. The summed E-state index contributed by atoms with van der Waals surface area (Å²) in [6, 6.07) is 1.72. The fourth-order valence-electron chi connectivity index (χ4n) is 0.552. The molecule has 2 N–H and O–H groups in total. The van der Waals surface area contributed by atoms with Crippen molar-refractivity contribution < 1.29 is 9.90 Å². The second-order valence-corrected chi connectivity index (χ2v) is 3.29. The largest absolute Gasteiger partial charge is 0.394 e. The molecule has 0 radical (unpaired) electrons. The lowest BCUT2D eigenvalue weighted by atomic mass is 10.4. The number of aliphatic hydroxyl groups is 1. The molecule has 0 aromatic rings. The van der Waals surface area contributed by atoms with Crippen LogP contribution in [0.25, 0.3) is 0 Å². The fraction of sp³-hybridized carbons (Fsp3) is 0.714. The highest BCUT2D eigenvalue weighted by molar-refractivity contribution is 8.00. The minimum Gasteiger partial charge on any atom is -0.394 e. The van der Waals surface area contributed by atoms with Crippen LogP contribution >= 0.6 is 11.8 Å². The summed E-state index contributed by atoms with van der Waals surface area (Å²) in [7, 11) is 0. The van der Waals surface area contributed by atoms with Crippen molar-refractivity contribution in [2.75, 3.05) is 18.1 Å². The monoisotopic (exact) mass is 188 g/mol. The van der Waals surface area contributed by atoms with Crippen LogP contribution in [0.1, 0.15) is 6.92 Å². The zero-order valence-electron chi connectivity index (χ0n) is 6.91. The normalized spacial score (nSPS) is 11.8. The highest BCUT2D eigenvalue weighted by atomic mass is 32.2. The van der Waals surface area contributed by atoms with Gasteiger partial charge in [-0.3, -0.25) is 4.79 Å². The maximum atomic E-state index is 10.9. The number of aliphatic hydroxyl groups excluding tert-OH is 1. The Morgan fingerprint density at radius 1 is 1.83 bits per heavy atom. The molecule has 0 fully saturated rings. The van der Waals surface area contributed by atoms with Gasteiger partial charge in [-0.15, -0.1) is 11.8 Å². The summed E-state index contributed by atoms with van der Waals surface area (Å²) in [4.78, 5) is 10.9. The molecule has 1 atom stereocenters. The Labute approximate surface area is 76.0 Å². The number of nitrogens with one attached hydrogen (secondary N) is 1. The van der Waals surface area contributed by atoms with Crippen molar-refractivity contribution in [2.24, 2.45) is 0 Å². The topological polar surface area (TPSA) is 73.1 Å². The lowest BCUT2D eigenvalue weighted by molar-refractivity contribution is -0.119. The van der Waals surface area contributed by atoms with Gasteiger partial charge in [-0.2, -0.15) is 5.26 Å². The average Bonchev–Trinajstić information content (AvgIpc) is 2.05. The summed E-state index contributed by atoms with van der Waals surface area (Å²) in [5.74, 6) is 0.454. The predicted octanol–water partition coefficient (Wildman–Crippen LogP) is -0.260. The van der Waals surface area contributed by atoms with Crippen LogP contribution in [0.15, 0.2) is 0 Å². The SMILES string of the molecule is C[C@@H](CO)NC(=O)CSCC#N. The number of hydrogen-bond acceptors (Lipinski definition) is 4. The second kappa shape index (κ2) is 6.95. The summed E-state index contributed by atoms with van der Waals surface area (Å²) in [5, 5.41) is 19.3. The quantitative estimate of drug-likeness (QED) is 0.583. The van der Waals surface area contributed by atoms with Gasteiger partial charge in [-0.05, 0) is 6.92 Å². The smallest absolute Gasteiger partial charge is 0.230 e. The predicted molar refractivity (Wildman–Crippen MR) is 47.6 cm³/mol. The standard InChI is InChI=1S/C7H12N2O2S/c1-6(4-10)9-7(11)5-12-3-2-8/h6,10H,3-5H2,1H3,(H,9,11)/t6-/m0/s1. The van der Waals surface area contributed by atoms with Crippen LogP contribution in [0.4, 0.5) is 0 Å². The third kappa shape index (κ3) is 6.01. The zero-order valence-corrected chi connectivity index (χ0v) is 7.73. The van der Waals surface area contributed by atoms with Crippen molar-refractivity contribution in [3.8, 4) is 6.07 Å². The molecule has 0 saturated heterocycles. The van der Waals surface area contributed by atoms with Crippen molar-refractivity contribution >= 4 is 17.7 Å². The molecular weight excluding hydrogens is 176 g/mol. The Bertz CT molecular complexity index is 179. The molecule has 12 heavy (non-hydrogen) atoms. The molecule has 5 heteroatoms. The minimum absolute atomic E-state index is 0.0609. The van der Waals surface area contributed by atoms with E-state index in [2.05, 4.69) is 5.32 Å². The molecular formula is C7H12N2O2S. The van der Waals surface area contributed by atoms with E-state index in [1.165, 1.54) is 11.8 Å². The van der Waals surface area contributed by atoms with Gasteiger partial charge in [0.25, 0.3) is 0 Å². The first-order valence-electron chi connectivity index (χ1n) is 3.55. The summed E-state index contributed by atoms with van der Waals surface area (Å²) >= 11 is 1.26. The Kier molecular flexibility index (Phi) is 6.53. The third-order valence-electron chi connectivity index (χ3n) is 1.08. The maximum absolute atomic E-state index is 10.9. The first kappa shape index (κ1) is 11.3. The molecule has 1 amide bonds. The molecule has 0 bridgehead atoms. The second-order valence-electron chi connectivity index (χ2n) is 2.30. The van der Waals surface area contributed by atoms with E-state index in [9.17, 15) is 4.79 Å². The molecule has 0 saturated carbocycles. The molecule has 0 aliphatic carbocycles. The third-order valence-corrected chi connectivity index (χ3v) is 1.88. The van der Waals surface area contributed by atoms with E-state index in [0.29, 0.717) is 5.75 Å². The van der Waals surface area contributed by atoms with Crippen LogP contribution in [0.5, 0.6) is 0 Å². The van der Waals surface area contributed by atoms with Crippen molar-refractivity contribution in [1.29, 1.82) is 5.26 Å². The first-order chi connectivity index (χ1) is 5.70.